The first-order valence-electron chi connectivity index (χ1n) is 7.75. The van der Waals surface area contributed by atoms with Crippen LogP contribution in [0.2, 0.25) is 0 Å². The fraction of sp³-hybridized carbons (Fsp3) is 0.111. The molecule has 0 atom stereocenters. The van der Waals surface area contributed by atoms with Crippen LogP contribution in [0.3, 0.4) is 0 Å². The lowest BCUT2D eigenvalue weighted by atomic mass is 10.2. The standard InChI is InChI=1S/C18H14FN3OS2/c1-2-22-14-7-8-24-16(14)9-15(22)17(23)21-18-20-13(10-25-18)11-3-5-12(19)6-4-11/h3-10H,2H2,1H3,(H,20,21,23). The maximum absolute atomic E-state index is 13.0. The van der Waals surface area contributed by atoms with Crippen LogP contribution < -0.4 is 5.32 Å². The Morgan fingerprint density at radius 3 is 2.80 bits per heavy atom. The molecule has 3 aromatic heterocycles. The monoisotopic (exact) mass is 371 g/mol. The number of carbonyl (C=O) groups excluding carboxylic acids is 1. The summed E-state index contributed by atoms with van der Waals surface area (Å²) in [6.07, 6.45) is 0. The number of hydrogen-bond donors (Lipinski definition) is 1. The van der Waals surface area contributed by atoms with Crippen molar-refractivity contribution in [2.45, 2.75) is 13.5 Å². The predicted molar refractivity (Wildman–Crippen MR) is 101 cm³/mol. The van der Waals surface area contributed by atoms with Gasteiger partial charge in [-0.1, -0.05) is 0 Å². The Balaban J connectivity index is 1.58. The molecule has 0 bridgehead atoms. The van der Waals surface area contributed by atoms with Gasteiger partial charge in [0.25, 0.3) is 5.91 Å². The van der Waals surface area contributed by atoms with Gasteiger partial charge in [-0.3, -0.25) is 10.1 Å². The van der Waals surface area contributed by atoms with E-state index in [1.807, 2.05) is 34.4 Å². The third-order valence-corrected chi connectivity index (χ3v) is 5.55. The lowest BCUT2D eigenvalue weighted by molar-refractivity contribution is 0.101. The Morgan fingerprint density at radius 1 is 1.24 bits per heavy atom. The molecule has 0 spiro atoms. The summed E-state index contributed by atoms with van der Waals surface area (Å²) < 4.78 is 16.1. The van der Waals surface area contributed by atoms with Crippen LogP contribution in [0.5, 0.6) is 0 Å². The van der Waals surface area contributed by atoms with Gasteiger partial charge in [-0.15, -0.1) is 22.7 Å². The third-order valence-electron chi connectivity index (χ3n) is 3.94. The molecule has 0 saturated heterocycles. The highest BCUT2D eigenvalue weighted by atomic mass is 32.1. The zero-order chi connectivity index (χ0) is 17.4. The van der Waals surface area contributed by atoms with Crippen molar-refractivity contribution < 1.29 is 9.18 Å². The quantitative estimate of drug-likeness (QED) is 0.533. The average Bonchev–Trinajstić information content (AvgIpc) is 3.30. The van der Waals surface area contributed by atoms with Crippen LogP contribution in [-0.2, 0) is 6.54 Å². The second-order valence-corrected chi connectivity index (χ2v) is 7.25. The molecule has 0 unspecified atom stereocenters. The van der Waals surface area contributed by atoms with Crippen LogP contribution in [0.4, 0.5) is 9.52 Å². The van der Waals surface area contributed by atoms with E-state index in [2.05, 4.69) is 10.3 Å². The van der Waals surface area contributed by atoms with E-state index in [-0.39, 0.29) is 11.7 Å². The molecule has 126 valence electrons. The molecule has 4 nitrogen and oxygen atoms in total. The van der Waals surface area contributed by atoms with Crippen molar-refractivity contribution in [2.24, 2.45) is 0 Å². The maximum atomic E-state index is 13.0. The number of aryl methyl sites for hydroxylation is 1. The highest BCUT2D eigenvalue weighted by molar-refractivity contribution is 7.17. The van der Waals surface area contributed by atoms with Crippen LogP contribution >= 0.6 is 22.7 Å². The summed E-state index contributed by atoms with van der Waals surface area (Å²) in [6.45, 7) is 2.74. The SMILES string of the molecule is CCn1c(C(=O)Nc2nc(-c3ccc(F)cc3)cs2)cc2sccc21. The fourth-order valence-electron chi connectivity index (χ4n) is 2.75. The van der Waals surface area contributed by atoms with E-state index in [1.54, 1.807) is 23.5 Å². The number of thiophene rings is 1. The van der Waals surface area contributed by atoms with Crippen molar-refractivity contribution >= 4 is 43.9 Å². The smallest absolute Gasteiger partial charge is 0.274 e. The number of aromatic nitrogens is 2. The second kappa shape index (κ2) is 6.42. The molecule has 1 amide bonds. The summed E-state index contributed by atoms with van der Waals surface area (Å²) in [6, 6.07) is 10.1. The Hall–Kier alpha value is -2.51. The number of rotatable bonds is 4. The number of fused-ring (bicyclic) bond motifs is 1. The number of nitrogens with one attached hydrogen (secondary N) is 1. The fourth-order valence-corrected chi connectivity index (χ4v) is 4.29. The largest absolute Gasteiger partial charge is 0.336 e. The summed E-state index contributed by atoms with van der Waals surface area (Å²) in [4.78, 5) is 17.1. The summed E-state index contributed by atoms with van der Waals surface area (Å²) in [7, 11) is 0. The molecule has 0 aliphatic heterocycles. The lowest BCUT2D eigenvalue weighted by Gasteiger charge is -2.06. The van der Waals surface area contributed by atoms with Gasteiger partial charge in [-0.05, 0) is 48.7 Å². The molecule has 7 heteroatoms. The van der Waals surface area contributed by atoms with E-state index in [0.29, 0.717) is 16.5 Å². The van der Waals surface area contributed by atoms with Crippen molar-refractivity contribution in [3.63, 3.8) is 0 Å². The number of thiazole rings is 1. The van der Waals surface area contributed by atoms with Crippen LogP contribution in [0.15, 0.2) is 47.2 Å². The molecule has 0 saturated carbocycles. The first kappa shape index (κ1) is 16.0. The molecule has 4 aromatic rings. The average molecular weight is 371 g/mol. The Bertz CT molecular complexity index is 1050. The Morgan fingerprint density at radius 2 is 2.04 bits per heavy atom. The molecule has 1 aromatic carbocycles. The topological polar surface area (TPSA) is 46.9 Å². The van der Waals surface area contributed by atoms with Gasteiger partial charge in [-0.2, -0.15) is 0 Å². The number of halogens is 1. The number of nitrogens with zero attached hydrogens (tertiary/aromatic N) is 2. The molecular formula is C18H14FN3OS2. The van der Waals surface area contributed by atoms with Crippen LogP contribution in [-0.4, -0.2) is 15.5 Å². The van der Waals surface area contributed by atoms with E-state index >= 15 is 0 Å². The first-order chi connectivity index (χ1) is 12.2. The molecule has 0 aliphatic rings. The van der Waals surface area contributed by atoms with E-state index in [1.165, 1.54) is 23.5 Å². The minimum atomic E-state index is -0.284. The van der Waals surface area contributed by atoms with Crippen molar-refractivity contribution in [1.29, 1.82) is 0 Å². The van der Waals surface area contributed by atoms with E-state index in [0.717, 1.165) is 22.3 Å². The van der Waals surface area contributed by atoms with Crippen LogP contribution in [0, 0.1) is 5.82 Å². The molecule has 1 N–H and O–H groups in total. The zero-order valence-electron chi connectivity index (χ0n) is 13.3. The second-order valence-electron chi connectivity index (χ2n) is 5.44. The first-order valence-corrected chi connectivity index (χ1v) is 9.51. The molecule has 0 radical (unpaired) electrons. The van der Waals surface area contributed by atoms with Gasteiger partial charge in [0.1, 0.15) is 11.5 Å². The van der Waals surface area contributed by atoms with Gasteiger partial charge < -0.3 is 4.57 Å². The summed E-state index contributed by atoms with van der Waals surface area (Å²) in [5, 5.41) is 7.26. The molecule has 25 heavy (non-hydrogen) atoms. The van der Waals surface area contributed by atoms with Gasteiger partial charge in [0.15, 0.2) is 5.13 Å². The minimum absolute atomic E-state index is 0.176. The van der Waals surface area contributed by atoms with Gasteiger partial charge in [0, 0.05) is 17.5 Å². The van der Waals surface area contributed by atoms with Gasteiger partial charge in [0.05, 0.1) is 15.9 Å². The minimum Gasteiger partial charge on any atom is -0.336 e. The zero-order valence-corrected chi connectivity index (χ0v) is 15.0. The number of benzene rings is 1. The summed E-state index contributed by atoms with van der Waals surface area (Å²) in [5.41, 5.74) is 3.23. The summed E-state index contributed by atoms with van der Waals surface area (Å²) in [5.74, 6) is -0.460. The van der Waals surface area contributed by atoms with Crippen molar-refractivity contribution in [3.8, 4) is 11.3 Å². The number of amides is 1. The Labute approximate surface area is 151 Å². The van der Waals surface area contributed by atoms with Crippen molar-refractivity contribution in [2.75, 3.05) is 5.32 Å². The van der Waals surface area contributed by atoms with Gasteiger partial charge in [0.2, 0.25) is 0 Å². The van der Waals surface area contributed by atoms with Crippen molar-refractivity contribution in [3.05, 3.63) is 58.7 Å². The highest BCUT2D eigenvalue weighted by Crippen LogP contribution is 2.28. The Kier molecular flexibility index (Phi) is 4.10. The maximum Gasteiger partial charge on any atom is 0.274 e. The molecular weight excluding hydrogens is 357 g/mol. The van der Waals surface area contributed by atoms with E-state index in [9.17, 15) is 9.18 Å². The van der Waals surface area contributed by atoms with E-state index in [4.69, 9.17) is 0 Å². The van der Waals surface area contributed by atoms with Gasteiger partial charge >= 0.3 is 0 Å². The number of anilines is 1. The molecule has 0 aliphatic carbocycles. The molecule has 3 heterocycles. The molecule has 4 rings (SSSR count). The molecule has 0 fully saturated rings. The van der Waals surface area contributed by atoms with E-state index < -0.39 is 0 Å². The van der Waals surface area contributed by atoms with Crippen molar-refractivity contribution in [1.82, 2.24) is 9.55 Å². The van der Waals surface area contributed by atoms with Gasteiger partial charge in [-0.25, -0.2) is 9.37 Å². The number of hydrogen-bond acceptors (Lipinski definition) is 4. The third kappa shape index (κ3) is 2.96. The lowest BCUT2D eigenvalue weighted by Crippen LogP contribution is -2.16. The highest BCUT2D eigenvalue weighted by Gasteiger charge is 2.17. The summed E-state index contributed by atoms with van der Waals surface area (Å²) >= 11 is 2.97. The predicted octanol–water partition coefficient (Wildman–Crippen LogP) is 5.24. The van der Waals surface area contributed by atoms with Crippen LogP contribution in [0.25, 0.3) is 21.5 Å². The van der Waals surface area contributed by atoms with Crippen LogP contribution in [0.1, 0.15) is 17.4 Å². The number of carbonyl (C=O) groups is 1. The normalized spacial score (nSPS) is 11.1.